The molecule has 1 aromatic rings. The van der Waals surface area contributed by atoms with Crippen LogP contribution in [0.2, 0.25) is 0 Å². The average Bonchev–Trinajstić information content (AvgIpc) is 2.15. The van der Waals surface area contributed by atoms with E-state index in [0.717, 1.165) is 5.56 Å². The lowest BCUT2D eigenvalue weighted by Gasteiger charge is -1.99. The normalized spacial score (nSPS) is 10.1. The maximum Gasteiger partial charge on any atom is 0.0855 e. The molecule has 1 rings (SSSR count). The third kappa shape index (κ3) is 2.80. The van der Waals surface area contributed by atoms with Gasteiger partial charge in [0.25, 0.3) is 0 Å². The van der Waals surface area contributed by atoms with Crippen LogP contribution in [-0.4, -0.2) is 11.5 Å². The van der Waals surface area contributed by atoms with Crippen molar-refractivity contribution >= 4 is 11.8 Å². The molecule has 0 saturated heterocycles. The van der Waals surface area contributed by atoms with E-state index in [0.29, 0.717) is 17.9 Å². The first kappa shape index (κ1) is 10.1. The Balaban J connectivity index is 2.76. The highest BCUT2D eigenvalue weighted by Crippen LogP contribution is 2.11. The molecule has 0 aliphatic carbocycles. The van der Waals surface area contributed by atoms with Crippen molar-refractivity contribution in [1.29, 1.82) is 0 Å². The van der Waals surface area contributed by atoms with Crippen LogP contribution in [-0.2, 0) is 0 Å². The zero-order valence-electron chi connectivity index (χ0n) is 7.88. The van der Waals surface area contributed by atoms with Crippen LogP contribution in [0.4, 0.5) is 5.69 Å². The Labute approximate surface area is 81.9 Å². The van der Waals surface area contributed by atoms with Crippen LogP contribution in [0, 0.1) is 6.92 Å². The van der Waals surface area contributed by atoms with Crippen molar-refractivity contribution in [3.63, 3.8) is 0 Å². The number of nitrogen functional groups attached to an aromatic ring is 1. The van der Waals surface area contributed by atoms with Crippen LogP contribution < -0.4 is 5.73 Å². The number of nitrogens with two attached hydrogens (primary N) is 1. The van der Waals surface area contributed by atoms with Crippen LogP contribution in [0.25, 0.3) is 16.5 Å². The maximum atomic E-state index is 8.04. The smallest absolute Gasteiger partial charge is 0.0855 e. The third-order valence-corrected chi connectivity index (χ3v) is 1.61. The van der Waals surface area contributed by atoms with Gasteiger partial charge in [-0.2, -0.15) is 0 Å². The summed E-state index contributed by atoms with van der Waals surface area (Å²) >= 11 is 0. The molecule has 14 heavy (non-hydrogen) atoms. The van der Waals surface area contributed by atoms with Crippen LogP contribution in [0.5, 0.6) is 0 Å². The van der Waals surface area contributed by atoms with E-state index in [9.17, 15) is 0 Å². The molecule has 0 aromatic carbocycles. The van der Waals surface area contributed by atoms with Crippen LogP contribution in [0.15, 0.2) is 23.5 Å². The summed E-state index contributed by atoms with van der Waals surface area (Å²) in [6.45, 7) is 2.24. The molecule has 0 radical (unpaired) electrons. The SMILES string of the molecule is Cc1cnc(C=CCN=[N+]=[N-])c(N)c1. The summed E-state index contributed by atoms with van der Waals surface area (Å²) in [5, 5.41) is 3.36. The van der Waals surface area contributed by atoms with Gasteiger partial charge >= 0.3 is 0 Å². The van der Waals surface area contributed by atoms with Gasteiger partial charge in [-0.05, 0) is 30.2 Å². The van der Waals surface area contributed by atoms with E-state index < -0.39 is 0 Å². The van der Waals surface area contributed by atoms with Gasteiger partial charge in [0, 0.05) is 17.7 Å². The van der Waals surface area contributed by atoms with Gasteiger partial charge in [0.05, 0.1) is 11.4 Å². The summed E-state index contributed by atoms with van der Waals surface area (Å²) in [6.07, 6.45) is 5.20. The topological polar surface area (TPSA) is 87.7 Å². The van der Waals surface area contributed by atoms with Crippen molar-refractivity contribution in [2.75, 3.05) is 12.3 Å². The Kier molecular flexibility index (Phi) is 3.52. The van der Waals surface area contributed by atoms with Crippen molar-refractivity contribution in [3.8, 4) is 0 Å². The standard InChI is InChI=1S/C9H11N5/c1-7-5-8(10)9(12-6-7)3-2-4-13-14-11/h2-3,5-6H,4,10H2,1H3. The largest absolute Gasteiger partial charge is 0.397 e. The second-order valence-electron chi connectivity index (χ2n) is 2.80. The Morgan fingerprint density at radius 1 is 1.71 bits per heavy atom. The van der Waals surface area contributed by atoms with Crippen LogP contribution in [0.3, 0.4) is 0 Å². The summed E-state index contributed by atoms with van der Waals surface area (Å²) in [4.78, 5) is 6.75. The Hall–Kier alpha value is -2.00. The lowest BCUT2D eigenvalue weighted by molar-refractivity contribution is 1.21. The molecule has 5 nitrogen and oxygen atoms in total. The number of nitrogens with zero attached hydrogens (tertiary/aromatic N) is 4. The van der Waals surface area contributed by atoms with E-state index in [1.807, 2.05) is 13.0 Å². The fraction of sp³-hybridized carbons (Fsp3) is 0.222. The fourth-order valence-electron chi connectivity index (χ4n) is 0.990. The molecule has 0 fully saturated rings. The molecule has 0 bridgehead atoms. The average molecular weight is 189 g/mol. The molecule has 2 N–H and O–H groups in total. The molecule has 1 heterocycles. The lowest BCUT2D eigenvalue weighted by Crippen LogP contribution is -1.93. The molecule has 0 spiro atoms. The van der Waals surface area contributed by atoms with Crippen molar-refractivity contribution in [3.05, 3.63) is 40.0 Å². The minimum atomic E-state index is 0.311. The second kappa shape index (κ2) is 4.89. The Bertz CT molecular complexity index is 390. The molecule has 1 aromatic heterocycles. The summed E-state index contributed by atoms with van der Waals surface area (Å²) in [5.41, 5.74) is 16.1. The molecule has 0 atom stereocenters. The first-order valence-electron chi connectivity index (χ1n) is 4.13. The van der Waals surface area contributed by atoms with Gasteiger partial charge in [-0.1, -0.05) is 11.2 Å². The Morgan fingerprint density at radius 3 is 3.14 bits per heavy atom. The van der Waals surface area contributed by atoms with E-state index in [2.05, 4.69) is 15.0 Å². The van der Waals surface area contributed by atoms with E-state index in [1.54, 1.807) is 18.3 Å². The quantitative estimate of drug-likeness (QED) is 0.449. The maximum absolute atomic E-state index is 8.04. The summed E-state index contributed by atoms with van der Waals surface area (Å²) in [5.74, 6) is 0. The monoisotopic (exact) mass is 189 g/mol. The van der Waals surface area contributed by atoms with Gasteiger partial charge < -0.3 is 5.73 Å². The van der Waals surface area contributed by atoms with Gasteiger partial charge in [0.15, 0.2) is 0 Å². The molecule has 72 valence electrons. The molecule has 0 saturated carbocycles. The Morgan fingerprint density at radius 2 is 2.50 bits per heavy atom. The van der Waals surface area contributed by atoms with E-state index in [1.165, 1.54) is 0 Å². The van der Waals surface area contributed by atoms with Gasteiger partial charge in [0.2, 0.25) is 0 Å². The zero-order chi connectivity index (χ0) is 10.4. The fourth-order valence-corrected chi connectivity index (χ4v) is 0.990. The minimum Gasteiger partial charge on any atom is -0.397 e. The first-order valence-corrected chi connectivity index (χ1v) is 4.13. The van der Waals surface area contributed by atoms with Gasteiger partial charge in [-0.15, -0.1) is 0 Å². The number of rotatable bonds is 3. The van der Waals surface area contributed by atoms with Crippen molar-refractivity contribution in [1.82, 2.24) is 4.98 Å². The highest BCUT2D eigenvalue weighted by molar-refractivity contribution is 5.61. The molecular formula is C9H11N5. The predicted octanol–water partition coefficient (Wildman–Crippen LogP) is 2.30. The zero-order valence-corrected chi connectivity index (χ0v) is 7.88. The van der Waals surface area contributed by atoms with Crippen LogP contribution in [0.1, 0.15) is 11.3 Å². The molecule has 0 amide bonds. The highest BCUT2D eigenvalue weighted by Gasteiger charge is 1.95. The minimum absolute atomic E-state index is 0.311. The van der Waals surface area contributed by atoms with E-state index in [-0.39, 0.29) is 0 Å². The number of azide groups is 1. The van der Waals surface area contributed by atoms with Crippen molar-refractivity contribution in [2.24, 2.45) is 5.11 Å². The van der Waals surface area contributed by atoms with Crippen LogP contribution >= 0.6 is 0 Å². The van der Waals surface area contributed by atoms with Crippen molar-refractivity contribution in [2.45, 2.75) is 6.92 Å². The number of hydrogen-bond donors (Lipinski definition) is 1. The number of aryl methyl sites for hydroxylation is 1. The van der Waals surface area contributed by atoms with E-state index in [4.69, 9.17) is 11.3 Å². The lowest BCUT2D eigenvalue weighted by atomic mass is 10.2. The number of aromatic nitrogens is 1. The molecule has 0 aliphatic rings. The first-order chi connectivity index (χ1) is 6.74. The summed E-state index contributed by atoms with van der Waals surface area (Å²) < 4.78 is 0. The number of hydrogen-bond acceptors (Lipinski definition) is 3. The van der Waals surface area contributed by atoms with Gasteiger partial charge in [-0.25, -0.2) is 0 Å². The van der Waals surface area contributed by atoms with Crippen molar-refractivity contribution < 1.29 is 0 Å². The highest BCUT2D eigenvalue weighted by atomic mass is 15.1. The number of pyridine rings is 1. The summed E-state index contributed by atoms with van der Waals surface area (Å²) in [7, 11) is 0. The van der Waals surface area contributed by atoms with E-state index >= 15 is 0 Å². The molecule has 0 unspecified atom stereocenters. The number of anilines is 1. The molecule has 0 aliphatic heterocycles. The second-order valence-corrected chi connectivity index (χ2v) is 2.80. The molecule has 5 heteroatoms. The van der Waals surface area contributed by atoms with Gasteiger partial charge in [-0.3, -0.25) is 4.98 Å². The third-order valence-electron chi connectivity index (χ3n) is 1.61. The summed E-state index contributed by atoms with van der Waals surface area (Å²) in [6, 6.07) is 1.85. The van der Waals surface area contributed by atoms with Gasteiger partial charge in [0.1, 0.15) is 0 Å². The molecular weight excluding hydrogens is 178 g/mol. The predicted molar refractivity (Wildman–Crippen MR) is 56.4 cm³/mol.